The fourth-order valence-corrected chi connectivity index (χ4v) is 1.45. The van der Waals surface area contributed by atoms with Crippen LogP contribution in [0.15, 0.2) is 24.3 Å². The molecule has 0 atom stereocenters. The molecule has 0 saturated carbocycles. The predicted molar refractivity (Wildman–Crippen MR) is 75.7 cm³/mol. The Morgan fingerprint density at radius 3 is 2.74 bits per heavy atom. The van der Waals surface area contributed by atoms with Crippen molar-refractivity contribution in [3.63, 3.8) is 0 Å². The Hall–Kier alpha value is -1.55. The summed E-state index contributed by atoms with van der Waals surface area (Å²) in [6, 6.07) is 7.13. The fraction of sp³-hybridized carbons (Fsp3) is 0.533. The van der Waals surface area contributed by atoms with E-state index in [4.69, 9.17) is 9.47 Å². The molecule has 0 aromatic heterocycles. The van der Waals surface area contributed by atoms with Gasteiger partial charge >= 0.3 is 5.97 Å². The summed E-state index contributed by atoms with van der Waals surface area (Å²) in [5.74, 6) is 0.415. The maximum atomic E-state index is 11.8. The molecule has 0 radical (unpaired) electrons. The molecule has 4 nitrogen and oxygen atoms in total. The Kier molecular flexibility index (Phi) is 6.97. The van der Waals surface area contributed by atoms with Crippen LogP contribution in [0.5, 0.6) is 5.75 Å². The molecule has 0 fully saturated rings. The number of hydrogen-bond donors (Lipinski definition) is 0. The second-order valence-electron chi connectivity index (χ2n) is 4.67. The summed E-state index contributed by atoms with van der Waals surface area (Å²) in [5, 5.41) is 0. The van der Waals surface area contributed by atoms with Crippen LogP contribution in [0.25, 0.3) is 0 Å². The molecule has 1 rings (SSSR count). The molecule has 0 amide bonds. The van der Waals surface area contributed by atoms with Gasteiger partial charge in [-0.2, -0.15) is 0 Å². The topological polar surface area (TPSA) is 38.8 Å². The number of esters is 1. The summed E-state index contributed by atoms with van der Waals surface area (Å²) in [4.78, 5) is 13.8. The predicted octanol–water partition coefficient (Wildman–Crippen LogP) is 2.58. The second-order valence-corrected chi connectivity index (χ2v) is 4.67. The minimum atomic E-state index is -0.303. The zero-order chi connectivity index (χ0) is 14.1. The van der Waals surface area contributed by atoms with Crippen molar-refractivity contribution in [2.75, 3.05) is 33.9 Å². The van der Waals surface area contributed by atoms with Crippen molar-refractivity contribution in [3.05, 3.63) is 29.8 Å². The molecule has 0 aliphatic carbocycles. The van der Waals surface area contributed by atoms with Gasteiger partial charge in [0.15, 0.2) is 0 Å². The molecule has 0 aliphatic rings. The van der Waals surface area contributed by atoms with Gasteiger partial charge in [-0.05, 0) is 38.7 Å². The summed E-state index contributed by atoms with van der Waals surface area (Å²) < 4.78 is 10.7. The molecule has 0 spiro atoms. The van der Waals surface area contributed by atoms with Crippen LogP contribution in [0.1, 0.15) is 30.1 Å². The van der Waals surface area contributed by atoms with Crippen molar-refractivity contribution >= 4 is 5.97 Å². The van der Waals surface area contributed by atoms with Crippen LogP contribution in [-0.4, -0.2) is 44.7 Å². The number of ether oxygens (including phenoxy) is 2. The van der Waals surface area contributed by atoms with Gasteiger partial charge in [0.25, 0.3) is 0 Å². The van der Waals surface area contributed by atoms with Gasteiger partial charge in [-0.3, -0.25) is 0 Å². The van der Waals surface area contributed by atoms with E-state index in [1.807, 2.05) is 31.1 Å². The molecule has 0 N–H and O–H groups in total. The first-order chi connectivity index (χ1) is 9.13. The number of hydrogen-bond acceptors (Lipinski definition) is 4. The average Bonchev–Trinajstić information content (AvgIpc) is 2.39. The molecular formula is C15H23NO3. The quantitative estimate of drug-likeness (QED) is 0.535. The van der Waals surface area contributed by atoms with Crippen LogP contribution in [0.3, 0.4) is 0 Å². The summed E-state index contributed by atoms with van der Waals surface area (Å²) in [7, 11) is 3.88. The molecule has 0 aliphatic heterocycles. The Labute approximate surface area is 115 Å². The lowest BCUT2D eigenvalue weighted by Gasteiger charge is -2.10. The van der Waals surface area contributed by atoms with E-state index in [-0.39, 0.29) is 5.97 Å². The lowest BCUT2D eigenvalue weighted by Crippen LogP contribution is -2.20. The van der Waals surface area contributed by atoms with Crippen LogP contribution in [-0.2, 0) is 4.74 Å². The van der Waals surface area contributed by atoms with Crippen LogP contribution >= 0.6 is 0 Å². The molecule has 106 valence electrons. The van der Waals surface area contributed by atoms with Crippen LogP contribution < -0.4 is 4.74 Å². The standard InChI is InChI=1S/C15H23NO3/c1-4-5-10-18-14-8-6-7-13(12-14)15(17)19-11-9-16(2)3/h6-8,12H,4-5,9-11H2,1-3H3. The summed E-state index contributed by atoms with van der Waals surface area (Å²) >= 11 is 0. The lowest BCUT2D eigenvalue weighted by atomic mass is 10.2. The molecule has 1 aromatic carbocycles. The smallest absolute Gasteiger partial charge is 0.338 e. The van der Waals surface area contributed by atoms with Crippen molar-refractivity contribution in [3.8, 4) is 5.75 Å². The third-order valence-electron chi connectivity index (χ3n) is 2.61. The van der Waals surface area contributed by atoms with Gasteiger partial charge in [-0.1, -0.05) is 19.4 Å². The molecular weight excluding hydrogens is 242 g/mol. The van der Waals surface area contributed by atoms with E-state index in [9.17, 15) is 4.79 Å². The van der Waals surface area contributed by atoms with Crippen molar-refractivity contribution in [1.82, 2.24) is 4.90 Å². The van der Waals surface area contributed by atoms with Crippen LogP contribution in [0, 0.1) is 0 Å². The number of unbranched alkanes of at least 4 members (excludes halogenated alkanes) is 1. The first-order valence-electron chi connectivity index (χ1n) is 6.68. The lowest BCUT2D eigenvalue weighted by molar-refractivity contribution is 0.0481. The van der Waals surface area contributed by atoms with Gasteiger partial charge in [-0.15, -0.1) is 0 Å². The van der Waals surface area contributed by atoms with Crippen molar-refractivity contribution in [2.45, 2.75) is 19.8 Å². The minimum Gasteiger partial charge on any atom is -0.494 e. The van der Waals surface area contributed by atoms with Crippen LogP contribution in [0.4, 0.5) is 0 Å². The first kappa shape index (κ1) is 15.5. The molecule has 1 aromatic rings. The molecule has 0 bridgehead atoms. The SMILES string of the molecule is CCCCOc1cccc(C(=O)OCCN(C)C)c1. The average molecular weight is 265 g/mol. The molecule has 19 heavy (non-hydrogen) atoms. The van der Waals surface area contributed by atoms with Crippen molar-refractivity contribution in [2.24, 2.45) is 0 Å². The maximum absolute atomic E-state index is 11.8. The maximum Gasteiger partial charge on any atom is 0.338 e. The third kappa shape index (κ3) is 6.25. The molecule has 0 unspecified atom stereocenters. The van der Waals surface area contributed by atoms with Gasteiger partial charge in [-0.25, -0.2) is 4.79 Å². The summed E-state index contributed by atoms with van der Waals surface area (Å²) in [6.07, 6.45) is 2.10. The Morgan fingerprint density at radius 1 is 1.26 bits per heavy atom. The largest absolute Gasteiger partial charge is 0.494 e. The first-order valence-corrected chi connectivity index (χ1v) is 6.68. The van der Waals surface area contributed by atoms with Crippen molar-refractivity contribution in [1.29, 1.82) is 0 Å². The van der Waals surface area contributed by atoms with E-state index in [1.165, 1.54) is 0 Å². The highest BCUT2D eigenvalue weighted by atomic mass is 16.5. The highest BCUT2D eigenvalue weighted by Crippen LogP contribution is 2.14. The summed E-state index contributed by atoms with van der Waals surface area (Å²) in [6.45, 7) is 3.91. The van der Waals surface area contributed by atoms with Gasteiger partial charge in [0.05, 0.1) is 12.2 Å². The minimum absolute atomic E-state index is 0.303. The van der Waals surface area contributed by atoms with Gasteiger partial charge < -0.3 is 14.4 Å². The summed E-state index contributed by atoms with van der Waals surface area (Å²) in [5.41, 5.74) is 0.535. The molecule has 4 heteroatoms. The number of carbonyl (C=O) groups is 1. The van der Waals surface area contributed by atoms with E-state index in [1.54, 1.807) is 12.1 Å². The zero-order valence-electron chi connectivity index (χ0n) is 12.0. The van der Waals surface area contributed by atoms with Crippen LogP contribution in [0.2, 0.25) is 0 Å². The zero-order valence-corrected chi connectivity index (χ0v) is 12.0. The third-order valence-corrected chi connectivity index (χ3v) is 2.61. The number of likely N-dealkylation sites (N-methyl/N-ethyl adjacent to an activating group) is 1. The van der Waals surface area contributed by atoms with E-state index in [2.05, 4.69) is 6.92 Å². The van der Waals surface area contributed by atoms with Crippen molar-refractivity contribution < 1.29 is 14.3 Å². The Balaban J connectivity index is 2.48. The van der Waals surface area contributed by atoms with E-state index < -0.39 is 0 Å². The van der Waals surface area contributed by atoms with E-state index in [0.717, 1.165) is 25.1 Å². The Morgan fingerprint density at radius 2 is 2.05 bits per heavy atom. The van der Waals surface area contributed by atoms with Gasteiger partial charge in [0.2, 0.25) is 0 Å². The van der Waals surface area contributed by atoms with E-state index in [0.29, 0.717) is 18.8 Å². The fourth-order valence-electron chi connectivity index (χ4n) is 1.45. The van der Waals surface area contributed by atoms with Gasteiger partial charge in [0, 0.05) is 6.54 Å². The number of carbonyl (C=O) groups excluding carboxylic acids is 1. The second kappa shape index (κ2) is 8.53. The molecule has 0 heterocycles. The monoisotopic (exact) mass is 265 g/mol. The number of nitrogens with zero attached hydrogens (tertiary/aromatic N) is 1. The highest BCUT2D eigenvalue weighted by Gasteiger charge is 2.08. The van der Waals surface area contributed by atoms with Gasteiger partial charge in [0.1, 0.15) is 12.4 Å². The number of benzene rings is 1. The normalized spacial score (nSPS) is 10.5. The Bertz CT molecular complexity index is 391. The number of rotatable bonds is 8. The highest BCUT2D eigenvalue weighted by molar-refractivity contribution is 5.89. The van der Waals surface area contributed by atoms with E-state index >= 15 is 0 Å². The molecule has 0 saturated heterocycles.